The molecule has 1 amide bonds. The number of halogens is 4. The molecule has 0 saturated carbocycles. The van der Waals surface area contributed by atoms with E-state index in [9.17, 15) is 14.0 Å². The standard InChI is InChI=1S/C20H13Cl3FNO4S2/c1-2-28-17(26)9-29-18-13(22)5-10(6-14(18)23)7-16-19(27)25(20(30)31-16)11-3-4-15(24)12(21)8-11/h3-8H,2,9H2,1H3. The van der Waals surface area contributed by atoms with Gasteiger partial charge in [0.05, 0.1) is 32.3 Å². The van der Waals surface area contributed by atoms with Gasteiger partial charge in [-0.25, -0.2) is 9.18 Å². The predicted octanol–water partition coefficient (Wildman–Crippen LogP) is 6.13. The van der Waals surface area contributed by atoms with Crippen LogP contribution in [0, 0.1) is 5.82 Å². The highest BCUT2D eigenvalue weighted by atomic mass is 35.5. The molecule has 0 bridgehead atoms. The predicted molar refractivity (Wildman–Crippen MR) is 126 cm³/mol. The lowest BCUT2D eigenvalue weighted by Gasteiger charge is -2.14. The van der Waals surface area contributed by atoms with Gasteiger partial charge >= 0.3 is 5.97 Å². The van der Waals surface area contributed by atoms with Crippen molar-refractivity contribution in [1.29, 1.82) is 0 Å². The number of carbonyl (C=O) groups is 2. The van der Waals surface area contributed by atoms with E-state index in [1.54, 1.807) is 13.0 Å². The molecule has 0 radical (unpaired) electrons. The molecule has 162 valence electrons. The molecule has 1 heterocycles. The molecular formula is C20H13Cl3FNO4S2. The van der Waals surface area contributed by atoms with Crippen LogP contribution in [0.2, 0.25) is 15.1 Å². The molecule has 0 aliphatic carbocycles. The minimum absolute atomic E-state index is 0.118. The van der Waals surface area contributed by atoms with Crippen molar-refractivity contribution in [3.8, 4) is 5.75 Å². The molecule has 3 rings (SSSR count). The maximum atomic E-state index is 13.4. The molecule has 1 aliphatic heterocycles. The van der Waals surface area contributed by atoms with Crippen molar-refractivity contribution in [2.75, 3.05) is 18.1 Å². The quantitative estimate of drug-likeness (QED) is 0.259. The van der Waals surface area contributed by atoms with Gasteiger partial charge in [-0.05, 0) is 48.9 Å². The summed E-state index contributed by atoms with van der Waals surface area (Å²) in [4.78, 5) is 25.9. The first kappa shape index (κ1) is 23.8. The van der Waals surface area contributed by atoms with E-state index in [4.69, 9.17) is 56.5 Å². The molecule has 0 aromatic heterocycles. The minimum atomic E-state index is -0.596. The Bertz CT molecular complexity index is 1090. The average molecular weight is 521 g/mol. The minimum Gasteiger partial charge on any atom is -0.479 e. The van der Waals surface area contributed by atoms with Gasteiger partial charge in [0, 0.05) is 0 Å². The zero-order valence-electron chi connectivity index (χ0n) is 15.8. The Balaban J connectivity index is 1.83. The normalized spacial score (nSPS) is 15.0. The third kappa shape index (κ3) is 5.51. The molecule has 5 nitrogen and oxygen atoms in total. The zero-order chi connectivity index (χ0) is 22.7. The fourth-order valence-corrected chi connectivity index (χ4v) is 4.69. The van der Waals surface area contributed by atoms with Crippen LogP contribution in [0.25, 0.3) is 6.08 Å². The lowest BCUT2D eigenvalue weighted by molar-refractivity contribution is -0.145. The van der Waals surface area contributed by atoms with Crippen molar-refractivity contribution in [3.05, 3.63) is 61.7 Å². The van der Waals surface area contributed by atoms with E-state index < -0.39 is 17.7 Å². The van der Waals surface area contributed by atoms with Crippen LogP contribution in [-0.2, 0) is 14.3 Å². The lowest BCUT2D eigenvalue weighted by atomic mass is 10.2. The van der Waals surface area contributed by atoms with Gasteiger partial charge in [0.25, 0.3) is 5.91 Å². The summed E-state index contributed by atoms with van der Waals surface area (Å²) in [7, 11) is 0. The highest BCUT2D eigenvalue weighted by molar-refractivity contribution is 8.27. The van der Waals surface area contributed by atoms with E-state index in [-0.39, 0.29) is 38.4 Å². The van der Waals surface area contributed by atoms with Crippen molar-refractivity contribution in [2.45, 2.75) is 6.92 Å². The van der Waals surface area contributed by atoms with E-state index in [1.165, 1.54) is 29.2 Å². The third-order valence-electron chi connectivity index (χ3n) is 3.91. The van der Waals surface area contributed by atoms with E-state index in [1.807, 2.05) is 0 Å². The molecule has 1 fully saturated rings. The van der Waals surface area contributed by atoms with Crippen LogP contribution in [0.15, 0.2) is 35.2 Å². The SMILES string of the molecule is CCOC(=O)COc1c(Cl)cc(C=C2SC(=S)N(c3ccc(F)c(Cl)c3)C2=O)cc1Cl. The molecule has 0 atom stereocenters. The molecule has 1 aliphatic rings. The number of anilines is 1. The van der Waals surface area contributed by atoms with Gasteiger partial charge in [0.15, 0.2) is 16.7 Å². The summed E-state index contributed by atoms with van der Waals surface area (Å²) < 4.78 is 23.8. The number of rotatable bonds is 6. The molecule has 0 N–H and O–H groups in total. The fourth-order valence-electron chi connectivity index (χ4n) is 2.60. The van der Waals surface area contributed by atoms with E-state index in [0.29, 0.717) is 16.2 Å². The van der Waals surface area contributed by atoms with Gasteiger partial charge in [-0.2, -0.15) is 0 Å². The van der Waals surface area contributed by atoms with E-state index in [0.717, 1.165) is 17.8 Å². The van der Waals surface area contributed by atoms with Crippen molar-refractivity contribution >= 4 is 86.7 Å². The van der Waals surface area contributed by atoms with Crippen LogP contribution in [0.1, 0.15) is 12.5 Å². The largest absolute Gasteiger partial charge is 0.479 e. The Morgan fingerprint density at radius 2 is 1.87 bits per heavy atom. The number of amides is 1. The van der Waals surface area contributed by atoms with Gasteiger partial charge in [0.2, 0.25) is 0 Å². The van der Waals surface area contributed by atoms with Crippen molar-refractivity contribution in [3.63, 3.8) is 0 Å². The van der Waals surface area contributed by atoms with Crippen LogP contribution in [0.5, 0.6) is 5.75 Å². The number of carbonyl (C=O) groups excluding carboxylic acids is 2. The van der Waals surface area contributed by atoms with Crippen molar-refractivity contribution in [2.24, 2.45) is 0 Å². The van der Waals surface area contributed by atoms with Gasteiger partial charge in [-0.1, -0.05) is 58.8 Å². The van der Waals surface area contributed by atoms with Crippen molar-refractivity contribution < 1.29 is 23.5 Å². The summed E-state index contributed by atoms with van der Waals surface area (Å²) in [6.07, 6.45) is 1.57. The molecular weight excluding hydrogens is 508 g/mol. The Kier molecular flexibility index (Phi) is 7.82. The topological polar surface area (TPSA) is 55.8 Å². The Hall–Kier alpha value is -1.84. The summed E-state index contributed by atoms with van der Waals surface area (Å²) in [5.41, 5.74) is 0.882. The first-order chi connectivity index (χ1) is 14.7. The smallest absolute Gasteiger partial charge is 0.344 e. The van der Waals surface area contributed by atoms with Gasteiger partial charge in [-0.15, -0.1) is 0 Å². The molecule has 0 unspecified atom stereocenters. The summed E-state index contributed by atoms with van der Waals surface area (Å²) >= 11 is 24.7. The second-order valence-electron chi connectivity index (χ2n) is 6.02. The summed E-state index contributed by atoms with van der Waals surface area (Å²) in [6.45, 7) is 1.57. The third-order valence-corrected chi connectivity index (χ3v) is 6.07. The van der Waals surface area contributed by atoms with Crippen LogP contribution in [0.4, 0.5) is 10.1 Å². The van der Waals surface area contributed by atoms with E-state index in [2.05, 4.69) is 0 Å². The van der Waals surface area contributed by atoms with Crippen molar-refractivity contribution in [1.82, 2.24) is 0 Å². The summed E-state index contributed by atoms with van der Waals surface area (Å²) in [6, 6.07) is 6.98. The van der Waals surface area contributed by atoms with E-state index >= 15 is 0 Å². The Morgan fingerprint density at radius 3 is 2.48 bits per heavy atom. The second-order valence-corrected chi connectivity index (χ2v) is 8.92. The van der Waals surface area contributed by atoms with Crippen LogP contribution < -0.4 is 9.64 Å². The second kappa shape index (κ2) is 10.2. The molecule has 2 aromatic carbocycles. The number of thiocarbonyl (C=S) groups is 1. The Morgan fingerprint density at radius 1 is 1.19 bits per heavy atom. The first-order valence-corrected chi connectivity index (χ1v) is 11.1. The monoisotopic (exact) mass is 519 g/mol. The molecule has 1 saturated heterocycles. The number of benzene rings is 2. The van der Waals surface area contributed by atoms with Crippen LogP contribution in [-0.4, -0.2) is 29.4 Å². The molecule has 31 heavy (non-hydrogen) atoms. The highest BCUT2D eigenvalue weighted by Gasteiger charge is 2.33. The lowest BCUT2D eigenvalue weighted by Crippen LogP contribution is -2.27. The maximum Gasteiger partial charge on any atom is 0.344 e. The molecule has 2 aromatic rings. The number of ether oxygens (including phenoxy) is 2. The van der Waals surface area contributed by atoms with Gasteiger partial charge < -0.3 is 9.47 Å². The average Bonchev–Trinajstić information content (AvgIpc) is 2.97. The van der Waals surface area contributed by atoms with Gasteiger partial charge in [0.1, 0.15) is 5.82 Å². The number of hydrogen-bond acceptors (Lipinski definition) is 6. The maximum absolute atomic E-state index is 13.4. The molecule has 11 heteroatoms. The Labute approximate surface area is 202 Å². The number of nitrogens with zero attached hydrogens (tertiary/aromatic N) is 1. The van der Waals surface area contributed by atoms with Crippen LogP contribution >= 0.6 is 58.8 Å². The van der Waals surface area contributed by atoms with Gasteiger partial charge in [-0.3, -0.25) is 9.69 Å². The summed E-state index contributed by atoms with van der Waals surface area (Å²) in [5, 5.41) is 0.195. The molecule has 0 spiro atoms. The zero-order valence-corrected chi connectivity index (χ0v) is 19.7. The highest BCUT2D eigenvalue weighted by Crippen LogP contribution is 2.39. The number of esters is 1. The first-order valence-electron chi connectivity index (χ1n) is 8.71. The number of hydrogen-bond donors (Lipinski definition) is 0. The fraction of sp³-hybridized carbons (Fsp3) is 0.150. The van der Waals surface area contributed by atoms with Crippen LogP contribution in [0.3, 0.4) is 0 Å². The summed E-state index contributed by atoms with van der Waals surface area (Å²) in [5.74, 6) is -1.42. The number of thioether (sulfide) groups is 1.